The zero-order chi connectivity index (χ0) is 33.7. The molecule has 0 bridgehead atoms. The smallest absolute Gasteiger partial charge is 0.232 e. The van der Waals surface area contributed by atoms with Gasteiger partial charge in [-0.2, -0.15) is 0 Å². The fraction of sp³-hybridized carbons (Fsp3) is 0.909. The van der Waals surface area contributed by atoms with Crippen LogP contribution in [0.5, 0.6) is 0 Å². The van der Waals surface area contributed by atoms with E-state index < -0.39 is 0 Å². The molecule has 12 nitrogen and oxygen atoms in total. The largest absolute Gasteiger partial charge is 0.379 e. The summed E-state index contributed by atoms with van der Waals surface area (Å²) in [5.74, 6) is -0.322. The number of carbonyl (C=O) groups is 3. The Balaban J connectivity index is 2.26. The number of nitrogens with zero attached hydrogens (tertiary/aromatic N) is 1. The molecule has 2 unspecified atom stereocenters. The number of rotatable bonds is 28. The lowest BCUT2D eigenvalue weighted by Gasteiger charge is -2.31. The van der Waals surface area contributed by atoms with Crippen molar-refractivity contribution in [2.24, 2.45) is 11.8 Å². The molecular formula is C33H62N2O10. The second kappa shape index (κ2) is 22.8. The van der Waals surface area contributed by atoms with Crippen molar-refractivity contribution in [3.63, 3.8) is 0 Å². The highest BCUT2D eigenvalue weighted by Gasteiger charge is 2.35. The Hall–Kier alpha value is -1.67. The third-order valence-corrected chi connectivity index (χ3v) is 7.43. The van der Waals surface area contributed by atoms with Crippen LogP contribution in [0.4, 0.5) is 0 Å². The van der Waals surface area contributed by atoms with Gasteiger partial charge in [0.15, 0.2) is 0 Å². The summed E-state index contributed by atoms with van der Waals surface area (Å²) in [5.41, 5.74) is -0.649. The van der Waals surface area contributed by atoms with E-state index in [1.54, 1.807) is 14.0 Å². The minimum atomic E-state index is -0.330. The van der Waals surface area contributed by atoms with E-state index in [1.165, 1.54) is 4.90 Å². The summed E-state index contributed by atoms with van der Waals surface area (Å²) < 4.78 is 40.4. The van der Waals surface area contributed by atoms with E-state index >= 15 is 0 Å². The molecule has 0 spiro atoms. The van der Waals surface area contributed by atoms with Crippen LogP contribution < -0.4 is 5.32 Å². The minimum Gasteiger partial charge on any atom is -0.379 e. The van der Waals surface area contributed by atoms with Gasteiger partial charge in [0, 0.05) is 58.8 Å². The molecular weight excluding hydrogens is 584 g/mol. The van der Waals surface area contributed by atoms with E-state index in [1.807, 2.05) is 27.7 Å². The number of ether oxygens (including phenoxy) is 7. The average molecular weight is 647 g/mol. The fourth-order valence-electron chi connectivity index (χ4n) is 4.09. The lowest BCUT2D eigenvalue weighted by Crippen LogP contribution is -2.36. The van der Waals surface area contributed by atoms with Crippen LogP contribution in [0.25, 0.3) is 0 Å². The third kappa shape index (κ3) is 20.2. The van der Waals surface area contributed by atoms with Crippen LogP contribution in [0, 0.1) is 11.8 Å². The molecule has 1 aliphatic heterocycles. The first kappa shape index (κ1) is 41.4. The van der Waals surface area contributed by atoms with Crippen molar-refractivity contribution in [3.05, 3.63) is 0 Å². The van der Waals surface area contributed by atoms with Crippen molar-refractivity contribution in [1.82, 2.24) is 10.2 Å². The first-order chi connectivity index (χ1) is 21.3. The molecule has 1 heterocycles. The van der Waals surface area contributed by atoms with E-state index in [-0.39, 0.29) is 60.3 Å². The van der Waals surface area contributed by atoms with Crippen LogP contribution in [0.3, 0.4) is 0 Å². The molecule has 1 N–H and O–H groups in total. The molecule has 0 saturated carbocycles. The van der Waals surface area contributed by atoms with Crippen LogP contribution in [0.2, 0.25) is 0 Å². The van der Waals surface area contributed by atoms with Crippen LogP contribution in [-0.4, -0.2) is 126 Å². The van der Waals surface area contributed by atoms with Crippen LogP contribution >= 0.6 is 0 Å². The van der Waals surface area contributed by atoms with Gasteiger partial charge in [0.1, 0.15) is 6.10 Å². The number of hydrogen-bond acceptors (Lipinski definition) is 10. The van der Waals surface area contributed by atoms with Gasteiger partial charge in [0.05, 0.1) is 57.5 Å². The monoisotopic (exact) mass is 646 g/mol. The van der Waals surface area contributed by atoms with E-state index in [2.05, 4.69) is 19.2 Å². The standard InChI is InChI=1S/C33H62N2O10/c1-26(2)11-16-40-20-21-44-28(24-43-19-18-41-17-12-32(4,5)45-25-33(6,7)39-8)23-42-15-9-13-34-29(36)10-14-35-30(37)22-27(3)31(35)38/h26-28H,9-25H2,1-8H3,(H,34,36). The third-order valence-electron chi connectivity index (χ3n) is 7.43. The molecule has 0 aromatic rings. The van der Waals surface area contributed by atoms with Gasteiger partial charge in [0.2, 0.25) is 17.7 Å². The second-order valence-corrected chi connectivity index (χ2v) is 13.3. The van der Waals surface area contributed by atoms with Gasteiger partial charge in [-0.15, -0.1) is 0 Å². The van der Waals surface area contributed by atoms with Crippen LogP contribution in [0.1, 0.15) is 80.6 Å². The number of hydrogen-bond donors (Lipinski definition) is 1. The number of carbonyl (C=O) groups excluding carboxylic acids is 3. The number of imide groups is 1. The maximum absolute atomic E-state index is 12.1. The zero-order valence-corrected chi connectivity index (χ0v) is 29.3. The normalized spacial score (nSPS) is 16.6. The van der Waals surface area contributed by atoms with Gasteiger partial charge in [-0.05, 0) is 52.9 Å². The molecule has 264 valence electrons. The number of nitrogens with one attached hydrogen (secondary N) is 1. The Morgan fingerprint density at radius 3 is 2.20 bits per heavy atom. The molecule has 2 atom stereocenters. The maximum atomic E-state index is 12.1. The average Bonchev–Trinajstić information content (AvgIpc) is 3.22. The zero-order valence-electron chi connectivity index (χ0n) is 29.3. The first-order valence-electron chi connectivity index (χ1n) is 16.5. The predicted molar refractivity (Wildman–Crippen MR) is 171 cm³/mol. The second-order valence-electron chi connectivity index (χ2n) is 13.3. The van der Waals surface area contributed by atoms with Crippen LogP contribution in [0.15, 0.2) is 0 Å². The summed E-state index contributed by atoms with van der Waals surface area (Å²) >= 11 is 0. The van der Waals surface area contributed by atoms with Gasteiger partial charge in [-0.3, -0.25) is 19.3 Å². The Morgan fingerprint density at radius 2 is 1.56 bits per heavy atom. The number of methoxy groups -OCH3 is 1. The van der Waals surface area contributed by atoms with Crippen molar-refractivity contribution in [3.8, 4) is 0 Å². The molecule has 1 rings (SSSR count). The first-order valence-corrected chi connectivity index (χ1v) is 16.5. The molecule has 3 amide bonds. The molecule has 0 aromatic carbocycles. The molecule has 1 aliphatic rings. The van der Waals surface area contributed by atoms with Crippen molar-refractivity contribution in [2.75, 3.05) is 86.3 Å². The van der Waals surface area contributed by atoms with Gasteiger partial charge in [0.25, 0.3) is 0 Å². The van der Waals surface area contributed by atoms with E-state index in [4.69, 9.17) is 33.2 Å². The molecule has 0 radical (unpaired) electrons. The number of amides is 3. The Kier molecular flexibility index (Phi) is 20.9. The fourth-order valence-corrected chi connectivity index (χ4v) is 4.09. The Labute approximate surface area is 271 Å². The summed E-state index contributed by atoms with van der Waals surface area (Å²) in [7, 11) is 1.68. The van der Waals surface area contributed by atoms with Crippen LogP contribution in [-0.2, 0) is 47.5 Å². The van der Waals surface area contributed by atoms with E-state index in [0.717, 1.165) is 12.8 Å². The summed E-state index contributed by atoms with van der Waals surface area (Å²) in [6.07, 6.45) is 2.43. The molecule has 45 heavy (non-hydrogen) atoms. The summed E-state index contributed by atoms with van der Waals surface area (Å²) in [5, 5.41) is 2.81. The van der Waals surface area contributed by atoms with E-state index in [9.17, 15) is 14.4 Å². The molecule has 0 aromatic heterocycles. The summed E-state index contributed by atoms with van der Waals surface area (Å²) in [6, 6.07) is 0. The molecule has 1 saturated heterocycles. The highest BCUT2D eigenvalue weighted by atomic mass is 16.6. The number of likely N-dealkylation sites (tertiary alicyclic amines) is 1. The molecule has 12 heteroatoms. The Morgan fingerprint density at radius 1 is 0.911 bits per heavy atom. The lowest BCUT2D eigenvalue weighted by atomic mass is 10.0. The highest BCUT2D eigenvalue weighted by Crippen LogP contribution is 2.19. The minimum absolute atomic E-state index is 0.0968. The van der Waals surface area contributed by atoms with Gasteiger partial charge in [-0.1, -0.05) is 20.8 Å². The maximum Gasteiger partial charge on any atom is 0.232 e. The summed E-state index contributed by atoms with van der Waals surface area (Å²) in [6.45, 7) is 19.5. The van der Waals surface area contributed by atoms with Gasteiger partial charge >= 0.3 is 0 Å². The quantitative estimate of drug-likeness (QED) is 0.0997. The van der Waals surface area contributed by atoms with Gasteiger partial charge in [-0.25, -0.2) is 0 Å². The topological polar surface area (TPSA) is 131 Å². The SMILES string of the molecule is COC(C)(C)COC(C)(C)CCOCCOCC(COCCCNC(=O)CCN1C(=O)CC(C)C1=O)OCCOCCC(C)C. The van der Waals surface area contributed by atoms with Crippen molar-refractivity contribution >= 4 is 17.7 Å². The van der Waals surface area contributed by atoms with Crippen molar-refractivity contribution in [1.29, 1.82) is 0 Å². The molecule has 1 fully saturated rings. The predicted octanol–water partition coefficient (Wildman–Crippen LogP) is 3.39. The van der Waals surface area contributed by atoms with Gasteiger partial charge < -0.3 is 38.5 Å². The van der Waals surface area contributed by atoms with E-state index in [0.29, 0.717) is 85.0 Å². The molecule has 0 aliphatic carbocycles. The highest BCUT2D eigenvalue weighted by molar-refractivity contribution is 6.03. The van der Waals surface area contributed by atoms with Crippen molar-refractivity contribution < 1.29 is 47.5 Å². The Bertz CT molecular complexity index is 836. The lowest BCUT2D eigenvalue weighted by molar-refractivity contribution is -0.139. The van der Waals surface area contributed by atoms with Crippen molar-refractivity contribution in [2.45, 2.75) is 97.9 Å². The summed E-state index contributed by atoms with van der Waals surface area (Å²) in [4.78, 5) is 37.2.